The molecule has 14 N–H and O–H groups in total. The van der Waals surface area contributed by atoms with E-state index < -0.39 is 244 Å². The normalized spacial score (nSPS) is 52.6. The van der Waals surface area contributed by atoms with Gasteiger partial charge in [0.05, 0.1) is 56.6 Å². The molecule has 7 aliphatic heterocycles. The lowest BCUT2D eigenvalue weighted by Gasteiger charge is -2.63. The van der Waals surface area contributed by atoms with E-state index >= 15 is 0 Å². The average molecular weight is 1380 g/mol. The van der Waals surface area contributed by atoms with Gasteiger partial charge in [0, 0.05) is 20.6 Å². The molecular formula is C65H102O31. The summed E-state index contributed by atoms with van der Waals surface area (Å²) in [5.41, 5.74) is -1.68. The first-order valence-corrected chi connectivity index (χ1v) is 33.6. The Morgan fingerprint density at radius 3 is 1.68 bits per heavy atom. The number of cyclic esters (lactones) is 1. The zero-order valence-electron chi connectivity index (χ0n) is 55.7. The fourth-order valence-electron chi connectivity index (χ4n) is 18.5. The Kier molecular flexibility index (Phi) is 22.3. The van der Waals surface area contributed by atoms with Crippen LogP contribution in [-0.2, 0) is 80.6 Å². The zero-order valence-corrected chi connectivity index (χ0v) is 55.7. The molecule has 0 radical (unpaired) electrons. The van der Waals surface area contributed by atoms with E-state index in [9.17, 15) is 81.1 Å². The van der Waals surface area contributed by atoms with Gasteiger partial charge < -0.3 is 143 Å². The predicted molar refractivity (Wildman–Crippen MR) is 320 cm³/mol. The molecular weight excluding hydrogens is 1280 g/mol. The van der Waals surface area contributed by atoms with Gasteiger partial charge in [-0.25, -0.2) is 0 Å². The Balaban J connectivity index is 0.830. The number of allylic oxidation sites excluding steroid dienone is 3. The first kappa shape index (κ1) is 74.7. The van der Waals surface area contributed by atoms with Crippen molar-refractivity contribution in [2.75, 3.05) is 47.3 Å². The number of hydrogen-bond donors (Lipinski definition) is 14. The Morgan fingerprint density at radius 2 is 1.09 bits per heavy atom. The van der Waals surface area contributed by atoms with Crippen molar-refractivity contribution in [1.82, 2.24) is 0 Å². The summed E-state index contributed by atoms with van der Waals surface area (Å²) in [6, 6.07) is 0. The molecule has 1 spiro atoms. The fraction of sp³-hybridized carbons (Fsp3) is 0.908. The number of aliphatic hydroxyl groups is 14. The van der Waals surface area contributed by atoms with E-state index in [0.29, 0.717) is 44.9 Å². The Labute approximate surface area is 556 Å². The number of hydrogen-bond acceptors (Lipinski definition) is 31. The van der Waals surface area contributed by atoms with E-state index in [1.54, 1.807) is 0 Å². The number of carbonyl (C=O) groups excluding carboxylic acids is 2. The van der Waals surface area contributed by atoms with Crippen molar-refractivity contribution >= 4 is 11.8 Å². The van der Waals surface area contributed by atoms with E-state index in [4.69, 9.17) is 71.1 Å². The average Bonchev–Trinajstić information content (AvgIpc) is 1.47. The van der Waals surface area contributed by atoms with Crippen LogP contribution in [0, 0.1) is 39.4 Å². The van der Waals surface area contributed by atoms with Crippen molar-refractivity contribution in [3.63, 3.8) is 0 Å². The number of esters is 1. The van der Waals surface area contributed by atoms with Gasteiger partial charge >= 0.3 is 5.97 Å². The summed E-state index contributed by atoms with van der Waals surface area (Å²) in [6.45, 7) is 14.5. The summed E-state index contributed by atoms with van der Waals surface area (Å²) in [6.07, 6.45) is -40.4. The van der Waals surface area contributed by atoms with E-state index in [2.05, 4.69) is 40.3 Å². The van der Waals surface area contributed by atoms with Gasteiger partial charge in [0.1, 0.15) is 140 Å². The van der Waals surface area contributed by atoms with Gasteiger partial charge in [-0.2, -0.15) is 0 Å². The minimum absolute atomic E-state index is 0.0437. The van der Waals surface area contributed by atoms with Crippen LogP contribution < -0.4 is 0 Å². The van der Waals surface area contributed by atoms with Crippen molar-refractivity contribution in [3.8, 4) is 0 Å². The molecule has 0 aromatic carbocycles. The topological polar surface area (TPSA) is 456 Å². The second-order valence-corrected chi connectivity index (χ2v) is 29.8. The van der Waals surface area contributed by atoms with Gasteiger partial charge in [0.25, 0.3) is 0 Å². The van der Waals surface area contributed by atoms with Crippen LogP contribution in [0.1, 0.15) is 99.8 Å². The van der Waals surface area contributed by atoms with Gasteiger partial charge in [-0.1, -0.05) is 44.9 Å². The molecule has 96 heavy (non-hydrogen) atoms. The molecule has 10 fully saturated rings. The second kappa shape index (κ2) is 28.6. The summed E-state index contributed by atoms with van der Waals surface area (Å²) < 4.78 is 89.8. The van der Waals surface area contributed by atoms with E-state index in [1.165, 1.54) is 26.7 Å². The lowest BCUT2D eigenvalue weighted by atomic mass is 9.41. The van der Waals surface area contributed by atoms with Crippen LogP contribution in [0.3, 0.4) is 0 Å². The second-order valence-electron chi connectivity index (χ2n) is 29.8. The Hall–Kier alpha value is -2.50. The number of Topliss-reactive ketones (excluding diaryl/α,β-unsaturated/α-hetero) is 1. The molecule has 31 nitrogen and oxygen atoms in total. The molecule has 0 aromatic heterocycles. The molecule has 0 amide bonds. The minimum Gasteiger partial charge on any atom is -0.458 e. The third-order valence-corrected chi connectivity index (χ3v) is 23.7. The quantitative estimate of drug-likeness (QED) is 0.0317. The highest BCUT2D eigenvalue weighted by atomic mass is 16.8. The van der Waals surface area contributed by atoms with Crippen LogP contribution in [0.25, 0.3) is 0 Å². The highest BCUT2D eigenvalue weighted by molar-refractivity contribution is 5.99. The number of aliphatic hydroxyl groups excluding tert-OH is 14. The van der Waals surface area contributed by atoms with Crippen LogP contribution in [0.5, 0.6) is 0 Å². The monoisotopic (exact) mass is 1380 g/mol. The first-order chi connectivity index (χ1) is 45.3. The van der Waals surface area contributed by atoms with Gasteiger partial charge in [-0.05, 0) is 93.8 Å². The summed E-state index contributed by atoms with van der Waals surface area (Å²) >= 11 is 0. The lowest BCUT2D eigenvalue weighted by Crippen LogP contribution is -2.67. The molecule has 0 aromatic rings. The molecule has 36 atom stereocenters. The van der Waals surface area contributed by atoms with Crippen molar-refractivity contribution in [2.24, 2.45) is 39.4 Å². The number of ketones is 1. The number of ether oxygens (including phenoxy) is 15. The molecule has 4 aliphatic carbocycles. The van der Waals surface area contributed by atoms with E-state index in [1.807, 2.05) is 13.8 Å². The molecule has 11 aliphatic rings. The lowest BCUT2D eigenvalue weighted by molar-refractivity contribution is -0.394. The molecule has 11 rings (SSSR count). The smallest absolute Gasteiger partial charge is 0.314 e. The van der Waals surface area contributed by atoms with Gasteiger partial charge in [-0.3, -0.25) is 9.59 Å². The molecule has 548 valence electrons. The maximum atomic E-state index is 14.5. The maximum Gasteiger partial charge on any atom is 0.314 e. The number of methoxy groups -OCH3 is 2. The van der Waals surface area contributed by atoms with Gasteiger partial charge in [0.2, 0.25) is 0 Å². The van der Waals surface area contributed by atoms with Crippen molar-refractivity contribution in [2.45, 2.75) is 284 Å². The third-order valence-electron chi connectivity index (χ3n) is 23.7. The number of fused-ring (bicyclic) bond motifs is 4. The molecule has 7 heterocycles. The summed E-state index contributed by atoms with van der Waals surface area (Å²) in [7, 11) is 2.39. The minimum atomic E-state index is -2.03. The van der Waals surface area contributed by atoms with Crippen LogP contribution in [0.15, 0.2) is 23.8 Å². The maximum absolute atomic E-state index is 14.5. The highest BCUT2D eigenvalue weighted by Crippen LogP contribution is 2.75. The largest absolute Gasteiger partial charge is 0.458 e. The molecule has 0 bridgehead atoms. The fourth-order valence-corrected chi connectivity index (χ4v) is 18.5. The third kappa shape index (κ3) is 12.6. The highest BCUT2D eigenvalue weighted by Gasteiger charge is 2.79. The van der Waals surface area contributed by atoms with E-state index in [0.717, 1.165) is 5.57 Å². The van der Waals surface area contributed by atoms with Gasteiger partial charge in [0.15, 0.2) is 37.7 Å². The molecule has 31 heteroatoms. The first-order valence-electron chi connectivity index (χ1n) is 33.6. The van der Waals surface area contributed by atoms with Crippen molar-refractivity contribution < 1.29 is 152 Å². The SMILES string of the molecule is C=C(C)CC[C@]1(C)OC(=O)C23CC=C4C(CCC5C4(C)CCC(OC4OCC(OC6OC(CO)C(O)C(OC7OC(CO)C(O)C(OC)C7O)C6O)C(O)C4OC4OC(C)C(OC6OCC(O)C(OC7OC(CO)C(O)C(OC)C7O)C6O)C(O)C4O)C5(C)C)[C@]2(C)CC(=O)C31. The Bertz CT molecular complexity index is 2760. The zero-order chi connectivity index (χ0) is 69.8. The molecule has 3 saturated carbocycles. The summed E-state index contributed by atoms with van der Waals surface area (Å²) in [5.74, 6) is -1.03. The number of carbonyl (C=O) groups is 2. The van der Waals surface area contributed by atoms with Gasteiger partial charge in [-0.15, -0.1) is 6.58 Å². The van der Waals surface area contributed by atoms with Crippen LogP contribution in [0.4, 0.5) is 0 Å². The van der Waals surface area contributed by atoms with Crippen LogP contribution in [0.2, 0.25) is 0 Å². The molecule has 7 saturated heterocycles. The molecule has 34 unspecified atom stereocenters. The summed E-state index contributed by atoms with van der Waals surface area (Å²) in [5, 5.41) is 156. The summed E-state index contributed by atoms with van der Waals surface area (Å²) in [4.78, 5) is 28.9. The number of rotatable bonds is 20. The van der Waals surface area contributed by atoms with Crippen molar-refractivity contribution in [1.29, 1.82) is 0 Å². The Morgan fingerprint density at radius 1 is 0.573 bits per heavy atom. The predicted octanol–water partition coefficient (Wildman–Crippen LogP) is -3.66. The van der Waals surface area contributed by atoms with E-state index in [-0.39, 0.29) is 30.0 Å². The van der Waals surface area contributed by atoms with Crippen LogP contribution in [-0.4, -0.2) is 314 Å². The standard InChI is InChI=1S/C65H102O31/c1-25(2)13-17-64(8)53-29(69)19-63(7)28-11-12-35-61(4,5)36(15-16-62(35,6)27(28)14-18-65(53,63)60(81)96-64)91-59-52(40(74)34(24-85-59)90-56-46(80)51(39(73)33(22-68)87-56)94-58-45(79)50(83-10)38(72)32(21-67)89-58)95-55-42(76)41(75)47(26(3)86-55)92-54-43(77)48(30(70)23-84-54)93-57-44(78)49(82-9)37(71)31(20-66)88-57/h14,26,28,30-59,66-68,70-80H,1,11-13,15-24H2,2-10H3/t26?,28?,30?,31?,32?,33?,34?,35?,36?,37?,38?,39?,40?,41?,42?,43?,44?,45?,46?,47?,48?,49?,50?,51?,52?,53?,54?,55?,56?,57?,58?,59?,62?,63-,64-,65?/m0/s1. The van der Waals surface area contributed by atoms with Crippen LogP contribution >= 0.6 is 0 Å². The van der Waals surface area contributed by atoms with Crippen molar-refractivity contribution in [3.05, 3.63) is 23.8 Å².